The molecule has 6 heteroatoms. The molecule has 1 aromatic heterocycles. The molecule has 3 rings (SSSR count). The number of carbonyl (C=O) groups is 1. The van der Waals surface area contributed by atoms with E-state index in [4.69, 9.17) is 9.31 Å². The Kier molecular flexibility index (Phi) is 3.93. The van der Waals surface area contributed by atoms with Crippen LogP contribution in [0.15, 0.2) is 30.3 Å². The van der Waals surface area contributed by atoms with Crippen molar-refractivity contribution in [3.8, 4) is 0 Å². The van der Waals surface area contributed by atoms with Crippen LogP contribution in [0, 0.1) is 0 Å². The SMILES string of the molecule is CN(C)C(=O)c1ccc2cc(B3OC(C)(C)C(C)(C)O3)ccc2n1. The number of aromatic nitrogens is 1. The standard InChI is InChI=1S/C18H23BN2O3/c1-17(2)18(3,4)24-19(23-17)13-8-10-14-12(11-13)7-9-15(20-14)16(22)21(5)6/h7-11H,1-6H3. The lowest BCUT2D eigenvalue weighted by Gasteiger charge is -2.32. The Hall–Kier alpha value is -1.92. The monoisotopic (exact) mass is 326 g/mol. The molecular weight excluding hydrogens is 303 g/mol. The van der Waals surface area contributed by atoms with Gasteiger partial charge in [0.1, 0.15) is 5.69 Å². The minimum atomic E-state index is -0.400. The summed E-state index contributed by atoms with van der Waals surface area (Å²) in [4.78, 5) is 18.0. The molecule has 0 spiro atoms. The number of pyridine rings is 1. The van der Waals surface area contributed by atoms with E-state index in [0.29, 0.717) is 5.69 Å². The highest BCUT2D eigenvalue weighted by Crippen LogP contribution is 2.36. The second kappa shape index (κ2) is 5.57. The van der Waals surface area contributed by atoms with Crippen LogP contribution in [0.5, 0.6) is 0 Å². The Morgan fingerprint density at radius 3 is 2.25 bits per heavy atom. The van der Waals surface area contributed by atoms with E-state index in [-0.39, 0.29) is 17.1 Å². The van der Waals surface area contributed by atoms with Crippen molar-refractivity contribution in [3.05, 3.63) is 36.0 Å². The Bertz CT molecular complexity index is 786. The van der Waals surface area contributed by atoms with Crippen LogP contribution in [-0.2, 0) is 9.31 Å². The van der Waals surface area contributed by atoms with Gasteiger partial charge in [-0.25, -0.2) is 4.98 Å². The van der Waals surface area contributed by atoms with Gasteiger partial charge in [-0.3, -0.25) is 4.79 Å². The number of amides is 1. The third kappa shape index (κ3) is 2.80. The lowest BCUT2D eigenvalue weighted by molar-refractivity contribution is 0.00578. The number of carbonyl (C=O) groups excluding carboxylic acids is 1. The molecule has 0 N–H and O–H groups in total. The van der Waals surface area contributed by atoms with E-state index >= 15 is 0 Å². The van der Waals surface area contributed by atoms with Gasteiger partial charge >= 0.3 is 7.12 Å². The summed E-state index contributed by atoms with van der Waals surface area (Å²) < 4.78 is 12.2. The second-order valence-electron chi connectivity index (χ2n) is 7.44. The lowest BCUT2D eigenvalue weighted by atomic mass is 9.78. The molecule has 0 atom stereocenters. The molecule has 1 aromatic carbocycles. The fraction of sp³-hybridized carbons (Fsp3) is 0.444. The van der Waals surface area contributed by atoms with Gasteiger partial charge < -0.3 is 14.2 Å². The predicted molar refractivity (Wildman–Crippen MR) is 95.5 cm³/mol. The molecule has 1 fully saturated rings. The summed E-state index contributed by atoms with van der Waals surface area (Å²) in [7, 11) is 3.04. The fourth-order valence-corrected chi connectivity index (χ4v) is 2.62. The van der Waals surface area contributed by atoms with Crippen molar-refractivity contribution in [2.75, 3.05) is 14.1 Å². The fourth-order valence-electron chi connectivity index (χ4n) is 2.62. The van der Waals surface area contributed by atoms with Gasteiger partial charge in [0.05, 0.1) is 16.7 Å². The Morgan fingerprint density at radius 1 is 1.04 bits per heavy atom. The molecule has 0 aliphatic carbocycles. The van der Waals surface area contributed by atoms with Gasteiger partial charge in [0.25, 0.3) is 5.91 Å². The van der Waals surface area contributed by atoms with Crippen LogP contribution >= 0.6 is 0 Å². The Labute approximate surface area is 143 Å². The van der Waals surface area contributed by atoms with Crippen LogP contribution in [-0.4, -0.2) is 48.2 Å². The maximum Gasteiger partial charge on any atom is 0.494 e. The van der Waals surface area contributed by atoms with Gasteiger partial charge in [0.15, 0.2) is 0 Å². The molecule has 0 bridgehead atoms. The minimum absolute atomic E-state index is 0.105. The van der Waals surface area contributed by atoms with Crippen molar-refractivity contribution in [3.63, 3.8) is 0 Å². The third-order valence-corrected chi connectivity index (χ3v) is 4.86. The van der Waals surface area contributed by atoms with E-state index in [0.717, 1.165) is 16.4 Å². The van der Waals surface area contributed by atoms with E-state index in [2.05, 4.69) is 4.98 Å². The van der Waals surface area contributed by atoms with Crippen LogP contribution in [0.4, 0.5) is 0 Å². The summed E-state index contributed by atoms with van der Waals surface area (Å²) in [6.07, 6.45) is 0. The van der Waals surface area contributed by atoms with Gasteiger partial charge in [0, 0.05) is 14.1 Å². The Balaban J connectivity index is 1.93. The zero-order chi connectivity index (χ0) is 17.7. The van der Waals surface area contributed by atoms with E-state index in [1.54, 1.807) is 20.2 Å². The number of nitrogens with zero attached hydrogens (tertiary/aromatic N) is 2. The second-order valence-corrected chi connectivity index (χ2v) is 7.44. The van der Waals surface area contributed by atoms with E-state index in [1.807, 2.05) is 52.0 Å². The number of rotatable bonds is 2. The van der Waals surface area contributed by atoms with Crippen LogP contribution in [0.3, 0.4) is 0 Å². The zero-order valence-electron chi connectivity index (χ0n) is 15.1. The van der Waals surface area contributed by atoms with Crippen molar-refractivity contribution in [1.29, 1.82) is 0 Å². The van der Waals surface area contributed by atoms with Gasteiger partial charge in [-0.2, -0.15) is 0 Å². The molecule has 126 valence electrons. The molecule has 0 saturated carbocycles. The maximum absolute atomic E-state index is 12.0. The van der Waals surface area contributed by atoms with Gasteiger partial charge in [0.2, 0.25) is 0 Å². The maximum atomic E-state index is 12.0. The highest BCUT2D eigenvalue weighted by molar-refractivity contribution is 6.62. The summed E-state index contributed by atoms with van der Waals surface area (Å²) in [5.74, 6) is -0.105. The molecule has 5 nitrogen and oxygen atoms in total. The first-order valence-corrected chi connectivity index (χ1v) is 8.09. The van der Waals surface area contributed by atoms with Gasteiger partial charge in [-0.15, -0.1) is 0 Å². The van der Waals surface area contributed by atoms with Crippen molar-refractivity contribution in [2.45, 2.75) is 38.9 Å². The lowest BCUT2D eigenvalue weighted by Crippen LogP contribution is -2.41. The molecule has 0 unspecified atom stereocenters. The molecule has 2 heterocycles. The van der Waals surface area contributed by atoms with Crippen LogP contribution in [0.25, 0.3) is 10.9 Å². The average molecular weight is 326 g/mol. The highest BCUT2D eigenvalue weighted by atomic mass is 16.7. The summed E-state index contributed by atoms with van der Waals surface area (Å²) >= 11 is 0. The highest BCUT2D eigenvalue weighted by Gasteiger charge is 2.51. The average Bonchev–Trinajstić information content (AvgIpc) is 2.73. The number of hydrogen-bond acceptors (Lipinski definition) is 4. The van der Waals surface area contributed by atoms with Crippen LogP contribution in [0.1, 0.15) is 38.2 Å². The molecule has 2 aromatic rings. The smallest absolute Gasteiger partial charge is 0.399 e. The first-order valence-electron chi connectivity index (χ1n) is 8.09. The first-order chi connectivity index (χ1) is 11.1. The number of hydrogen-bond donors (Lipinski definition) is 0. The quantitative estimate of drug-likeness (QED) is 0.794. The van der Waals surface area contributed by atoms with Gasteiger partial charge in [-0.05, 0) is 50.7 Å². The molecule has 1 aliphatic heterocycles. The molecule has 1 amide bonds. The van der Waals surface area contributed by atoms with Gasteiger partial charge in [-0.1, -0.05) is 18.2 Å². The van der Waals surface area contributed by atoms with Crippen molar-refractivity contribution >= 4 is 29.4 Å². The van der Waals surface area contributed by atoms with E-state index in [1.165, 1.54) is 4.90 Å². The summed E-state index contributed by atoms with van der Waals surface area (Å²) in [5, 5.41) is 0.956. The molecule has 24 heavy (non-hydrogen) atoms. The number of benzene rings is 1. The largest absolute Gasteiger partial charge is 0.494 e. The molecule has 1 saturated heterocycles. The van der Waals surface area contributed by atoms with Crippen molar-refractivity contribution in [1.82, 2.24) is 9.88 Å². The molecule has 1 aliphatic rings. The minimum Gasteiger partial charge on any atom is -0.399 e. The van der Waals surface area contributed by atoms with Crippen molar-refractivity contribution < 1.29 is 14.1 Å². The summed E-state index contributed by atoms with van der Waals surface area (Å²) in [5.41, 5.74) is 1.44. The topological polar surface area (TPSA) is 51.7 Å². The normalized spacial score (nSPS) is 18.8. The Morgan fingerprint density at radius 2 is 1.67 bits per heavy atom. The summed E-state index contributed by atoms with van der Waals surface area (Å²) in [6.45, 7) is 8.15. The molecule has 0 radical (unpaired) electrons. The predicted octanol–water partition coefficient (Wildman–Crippen LogP) is 2.24. The number of fused-ring (bicyclic) bond motifs is 1. The van der Waals surface area contributed by atoms with E-state index in [9.17, 15) is 4.79 Å². The zero-order valence-corrected chi connectivity index (χ0v) is 15.1. The molecular formula is C18H23BN2O3. The van der Waals surface area contributed by atoms with Crippen LogP contribution < -0.4 is 5.46 Å². The van der Waals surface area contributed by atoms with Crippen LogP contribution in [0.2, 0.25) is 0 Å². The first kappa shape index (κ1) is 16.9. The summed E-state index contributed by atoms with van der Waals surface area (Å²) in [6, 6.07) is 9.52. The van der Waals surface area contributed by atoms with Crippen molar-refractivity contribution in [2.24, 2.45) is 0 Å². The van der Waals surface area contributed by atoms with E-state index < -0.39 is 7.12 Å². The third-order valence-electron chi connectivity index (χ3n) is 4.86.